The Hall–Kier alpha value is -2.35. The zero-order chi connectivity index (χ0) is 13.0. The van der Waals surface area contributed by atoms with Gasteiger partial charge in [0.2, 0.25) is 0 Å². The van der Waals surface area contributed by atoms with Crippen molar-refractivity contribution in [3.63, 3.8) is 0 Å². The molecule has 0 saturated heterocycles. The molecule has 2 rings (SSSR count). The third-order valence-corrected chi connectivity index (χ3v) is 2.47. The quantitative estimate of drug-likeness (QED) is 0.595. The summed E-state index contributed by atoms with van der Waals surface area (Å²) in [5.74, 6) is 0.552. The van der Waals surface area contributed by atoms with Crippen LogP contribution in [0.1, 0.15) is 17.0 Å². The van der Waals surface area contributed by atoms with E-state index in [1.165, 1.54) is 0 Å². The number of nitro benzene ring substituents is 1. The minimum absolute atomic E-state index is 0.133. The number of benzene rings is 1. The van der Waals surface area contributed by atoms with Crippen LogP contribution >= 0.6 is 0 Å². The number of H-pyrrole nitrogens is 1. The van der Waals surface area contributed by atoms with Crippen LogP contribution in [0.15, 0.2) is 18.2 Å². The zero-order valence-corrected chi connectivity index (χ0v) is 9.75. The molecule has 0 unspecified atom stereocenters. The monoisotopic (exact) mass is 248 g/mol. The van der Waals surface area contributed by atoms with Crippen molar-refractivity contribution in [2.24, 2.45) is 0 Å². The third kappa shape index (κ3) is 2.86. The Morgan fingerprint density at radius 2 is 2.28 bits per heavy atom. The van der Waals surface area contributed by atoms with Crippen molar-refractivity contribution < 1.29 is 4.92 Å². The van der Waals surface area contributed by atoms with Crippen LogP contribution in [0.3, 0.4) is 0 Å². The van der Waals surface area contributed by atoms with Crippen LogP contribution in [0.5, 0.6) is 0 Å². The number of hydrogen-bond donors (Lipinski definition) is 2. The Bertz CT molecular complexity index is 539. The second-order valence-corrected chi connectivity index (χ2v) is 3.81. The van der Waals surface area contributed by atoms with Gasteiger partial charge in [-0.05, 0) is 12.5 Å². The minimum Gasteiger partial charge on any atom is -0.306 e. The highest BCUT2D eigenvalue weighted by atomic mass is 16.6. The van der Waals surface area contributed by atoms with E-state index >= 15 is 0 Å². The van der Waals surface area contributed by atoms with Gasteiger partial charge >= 0.3 is 0 Å². The van der Waals surface area contributed by atoms with Gasteiger partial charge in [-0.1, -0.05) is 17.3 Å². The van der Waals surface area contributed by atoms with E-state index in [0.29, 0.717) is 24.5 Å². The molecular weight excluding hydrogens is 236 g/mol. The minimum atomic E-state index is -0.377. The van der Waals surface area contributed by atoms with Crippen LogP contribution in [-0.2, 0) is 13.1 Å². The average molecular weight is 248 g/mol. The number of nitro groups is 1. The predicted octanol–water partition coefficient (Wildman–Crippen LogP) is 0.706. The molecule has 0 aliphatic carbocycles. The van der Waals surface area contributed by atoms with Crippen molar-refractivity contribution in [3.8, 4) is 0 Å². The number of tetrazole rings is 1. The molecule has 2 N–H and O–H groups in total. The molecule has 0 atom stereocenters. The van der Waals surface area contributed by atoms with E-state index in [-0.39, 0.29) is 10.6 Å². The Kier molecular flexibility index (Phi) is 3.58. The van der Waals surface area contributed by atoms with E-state index in [2.05, 4.69) is 25.9 Å². The molecule has 0 fully saturated rings. The molecule has 0 amide bonds. The van der Waals surface area contributed by atoms with Gasteiger partial charge in [0.15, 0.2) is 5.82 Å². The van der Waals surface area contributed by atoms with E-state index < -0.39 is 0 Å². The standard InChI is InChI=1S/C10H12N6O2/c1-7-2-3-8(4-9(7)16(17)18)5-11-6-10-12-14-15-13-10/h2-4,11H,5-6H2,1H3,(H,12,13,14,15). The van der Waals surface area contributed by atoms with E-state index in [9.17, 15) is 10.1 Å². The smallest absolute Gasteiger partial charge is 0.272 e. The highest BCUT2D eigenvalue weighted by Gasteiger charge is 2.10. The lowest BCUT2D eigenvalue weighted by atomic mass is 10.1. The molecule has 8 heteroatoms. The lowest BCUT2D eigenvalue weighted by molar-refractivity contribution is -0.385. The van der Waals surface area contributed by atoms with Gasteiger partial charge in [0.25, 0.3) is 5.69 Å². The first-order valence-electron chi connectivity index (χ1n) is 5.34. The summed E-state index contributed by atoms with van der Waals surface area (Å²) in [5, 5.41) is 27.2. The molecule has 2 aromatic rings. The van der Waals surface area contributed by atoms with Crippen molar-refractivity contribution >= 4 is 5.69 Å². The van der Waals surface area contributed by atoms with Gasteiger partial charge in [0.1, 0.15) is 0 Å². The van der Waals surface area contributed by atoms with Crippen molar-refractivity contribution in [2.75, 3.05) is 0 Å². The van der Waals surface area contributed by atoms with Gasteiger partial charge in [-0.3, -0.25) is 10.1 Å². The molecule has 0 radical (unpaired) electrons. The molecule has 1 aromatic carbocycles. The number of aromatic nitrogens is 4. The van der Waals surface area contributed by atoms with Gasteiger partial charge in [-0.25, -0.2) is 0 Å². The molecule has 1 aromatic heterocycles. The maximum Gasteiger partial charge on any atom is 0.272 e. The van der Waals surface area contributed by atoms with E-state index in [1.54, 1.807) is 19.1 Å². The van der Waals surface area contributed by atoms with Gasteiger partial charge < -0.3 is 5.32 Å². The van der Waals surface area contributed by atoms with Gasteiger partial charge in [0, 0.05) is 18.2 Å². The normalized spacial score (nSPS) is 10.5. The molecule has 0 aliphatic rings. The largest absolute Gasteiger partial charge is 0.306 e. The molecule has 0 bridgehead atoms. The zero-order valence-electron chi connectivity index (χ0n) is 9.75. The SMILES string of the molecule is Cc1ccc(CNCc2nn[nH]n2)cc1[N+](=O)[O-]. The number of hydrogen-bond acceptors (Lipinski definition) is 6. The fourth-order valence-corrected chi connectivity index (χ4v) is 1.54. The van der Waals surface area contributed by atoms with Crippen molar-refractivity contribution in [2.45, 2.75) is 20.0 Å². The molecule has 0 aliphatic heterocycles. The molecule has 0 saturated carbocycles. The van der Waals surface area contributed by atoms with Gasteiger partial charge in [-0.15, -0.1) is 10.2 Å². The van der Waals surface area contributed by atoms with Gasteiger partial charge in [0.05, 0.1) is 11.5 Å². The highest BCUT2D eigenvalue weighted by molar-refractivity contribution is 5.42. The highest BCUT2D eigenvalue weighted by Crippen LogP contribution is 2.19. The lowest BCUT2D eigenvalue weighted by Gasteiger charge is -2.03. The van der Waals surface area contributed by atoms with E-state index in [4.69, 9.17) is 0 Å². The van der Waals surface area contributed by atoms with Crippen LogP contribution in [-0.4, -0.2) is 25.5 Å². The van der Waals surface area contributed by atoms with Crippen LogP contribution in [0.25, 0.3) is 0 Å². The van der Waals surface area contributed by atoms with Crippen LogP contribution in [0.4, 0.5) is 5.69 Å². The second-order valence-electron chi connectivity index (χ2n) is 3.81. The topological polar surface area (TPSA) is 110 Å². The first-order valence-corrected chi connectivity index (χ1v) is 5.34. The summed E-state index contributed by atoms with van der Waals surface area (Å²) in [7, 11) is 0. The maximum atomic E-state index is 10.8. The average Bonchev–Trinajstić information content (AvgIpc) is 2.84. The molecule has 94 valence electrons. The third-order valence-electron chi connectivity index (χ3n) is 2.47. The van der Waals surface area contributed by atoms with Crippen molar-refractivity contribution in [1.29, 1.82) is 0 Å². The summed E-state index contributed by atoms with van der Waals surface area (Å²) < 4.78 is 0. The molecule has 0 spiro atoms. The van der Waals surface area contributed by atoms with Crippen molar-refractivity contribution in [3.05, 3.63) is 45.3 Å². The summed E-state index contributed by atoms with van der Waals surface area (Å²) in [4.78, 5) is 10.4. The first-order chi connectivity index (χ1) is 8.66. The fraction of sp³-hybridized carbons (Fsp3) is 0.300. The first kappa shape index (κ1) is 12.1. The van der Waals surface area contributed by atoms with E-state index in [1.807, 2.05) is 6.07 Å². The molecule has 1 heterocycles. The molecular formula is C10H12N6O2. The Labute approximate surface area is 103 Å². The molecule has 8 nitrogen and oxygen atoms in total. The Balaban J connectivity index is 1.97. The number of rotatable bonds is 5. The number of nitrogens with one attached hydrogen (secondary N) is 2. The number of nitrogens with zero attached hydrogens (tertiary/aromatic N) is 4. The summed E-state index contributed by atoms with van der Waals surface area (Å²) >= 11 is 0. The van der Waals surface area contributed by atoms with E-state index in [0.717, 1.165) is 5.56 Å². The number of aryl methyl sites for hydroxylation is 1. The number of aromatic amines is 1. The fourth-order valence-electron chi connectivity index (χ4n) is 1.54. The summed E-state index contributed by atoms with van der Waals surface area (Å²) in [6.45, 7) is 2.68. The Morgan fingerprint density at radius 1 is 1.44 bits per heavy atom. The summed E-state index contributed by atoms with van der Waals surface area (Å²) in [5.41, 5.74) is 1.63. The summed E-state index contributed by atoms with van der Waals surface area (Å²) in [6.07, 6.45) is 0. The van der Waals surface area contributed by atoms with Crippen LogP contribution < -0.4 is 5.32 Å². The van der Waals surface area contributed by atoms with Crippen molar-refractivity contribution in [1.82, 2.24) is 25.9 Å². The van der Waals surface area contributed by atoms with Crippen LogP contribution in [0.2, 0.25) is 0 Å². The second kappa shape index (κ2) is 5.32. The Morgan fingerprint density at radius 3 is 2.94 bits per heavy atom. The maximum absolute atomic E-state index is 10.8. The predicted molar refractivity (Wildman–Crippen MR) is 62.6 cm³/mol. The lowest BCUT2D eigenvalue weighted by Crippen LogP contribution is -2.14. The summed E-state index contributed by atoms with van der Waals surface area (Å²) in [6, 6.07) is 5.16. The van der Waals surface area contributed by atoms with Crippen LogP contribution in [0, 0.1) is 17.0 Å². The van der Waals surface area contributed by atoms with Gasteiger partial charge in [-0.2, -0.15) is 5.21 Å². The molecule has 18 heavy (non-hydrogen) atoms.